The maximum absolute atomic E-state index is 13.3. The topological polar surface area (TPSA) is 12.0 Å². The lowest BCUT2D eigenvalue weighted by Gasteiger charge is -2.15. The summed E-state index contributed by atoms with van der Waals surface area (Å²) >= 11 is 3.03. The Labute approximate surface area is 97.0 Å². The molecule has 1 aromatic carbocycles. The predicted molar refractivity (Wildman–Crippen MR) is 62.1 cm³/mol. The number of halogens is 3. The van der Waals surface area contributed by atoms with E-state index in [4.69, 9.17) is 0 Å². The molecule has 0 bridgehead atoms. The number of hydrogen-bond donors (Lipinski definition) is 1. The predicted octanol–water partition coefficient (Wildman–Crippen LogP) is 4.33. The lowest BCUT2D eigenvalue weighted by Crippen LogP contribution is -2.15. The fraction of sp³-hybridized carbons (Fsp3) is 0.455. The van der Waals surface area contributed by atoms with Crippen LogP contribution in [0.25, 0.3) is 0 Å². The Morgan fingerprint density at radius 2 is 2.00 bits per heavy atom. The van der Waals surface area contributed by atoms with Gasteiger partial charge >= 0.3 is 0 Å². The van der Waals surface area contributed by atoms with E-state index in [1.54, 1.807) is 0 Å². The molecule has 1 aromatic rings. The van der Waals surface area contributed by atoms with E-state index in [2.05, 4.69) is 28.2 Å². The molecular weight excluding hydrogens is 264 g/mol. The van der Waals surface area contributed by atoms with Crippen LogP contribution in [0.1, 0.15) is 26.7 Å². The Hall–Kier alpha value is -0.640. The molecule has 1 nitrogen and oxygen atoms in total. The highest BCUT2D eigenvalue weighted by Gasteiger charge is 2.09. The van der Waals surface area contributed by atoms with Crippen LogP contribution in [0.15, 0.2) is 16.6 Å². The molecule has 15 heavy (non-hydrogen) atoms. The summed E-state index contributed by atoms with van der Waals surface area (Å²) in [6.07, 6.45) is 1.98. The first-order valence-electron chi connectivity index (χ1n) is 4.95. The van der Waals surface area contributed by atoms with Gasteiger partial charge in [-0.25, -0.2) is 8.78 Å². The number of benzene rings is 1. The van der Waals surface area contributed by atoms with Gasteiger partial charge in [0.2, 0.25) is 0 Å². The van der Waals surface area contributed by atoms with Crippen LogP contribution in [-0.4, -0.2) is 6.04 Å². The molecule has 0 fully saturated rings. The molecule has 0 heterocycles. The average Bonchev–Trinajstić information content (AvgIpc) is 2.14. The SMILES string of the molecule is CCCC(C)Nc1cc(Br)c(F)cc1F. The molecule has 0 saturated carbocycles. The number of hydrogen-bond acceptors (Lipinski definition) is 1. The van der Waals surface area contributed by atoms with Crippen molar-refractivity contribution in [3.05, 3.63) is 28.2 Å². The van der Waals surface area contributed by atoms with Crippen molar-refractivity contribution in [1.82, 2.24) is 0 Å². The van der Waals surface area contributed by atoms with Crippen molar-refractivity contribution >= 4 is 21.6 Å². The van der Waals surface area contributed by atoms with Crippen molar-refractivity contribution in [3.63, 3.8) is 0 Å². The first-order chi connectivity index (χ1) is 7.04. The highest BCUT2D eigenvalue weighted by atomic mass is 79.9. The van der Waals surface area contributed by atoms with Gasteiger partial charge in [0, 0.05) is 12.1 Å². The third-order valence-electron chi connectivity index (χ3n) is 2.13. The van der Waals surface area contributed by atoms with Gasteiger partial charge in [-0.05, 0) is 35.3 Å². The second kappa shape index (κ2) is 5.45. The van der Waals surface area contributed by atoms with Crippen molar-refractivity contribution in [1.29, 1.82) is 0 Å². The summed E-state index contributed by atoms with van der Waals surface area (Å²) in [5, 5.41) is 3.01. The molecule has 0 radical (unpaired) electrons. The molecule has 0 aliphatic heterocycles. The van der Waals surface area contributed by atoms with E-state index >= 15 is 0 Å². The van der Waals surface area contributed by atoms with Gasteiger partial charge in [-0.3, -0.25) is 0 Å². The summed E-state index contributed by atoms with van der Waals surface area (Å²) in [6.45, 7) is 4.04. The van der Waals surface area contributed by atoms with Crippen molar-refractivity contribution in [2.75, 3.05) is 5.32 Å². The minimum absolute atomic E-state index is 0.182. The number of anilines is 1. The zero-order valence-electron chi connectivity index (χ0n) is 8.78. The molecule has 0 saturated heterocycles. The average molecular weight is 278 g/mol. The second-order valence-electron chi connectivity index (χ2n) is 3.58. The lowest BCUT2D eigenvalue weighted by atomic mass is 10.2. The maximum atomic E-state index is 13.3. The third-order valence-corrected chi connectivity index (χ3v) is 2.74. The van der Waals surface area contributed by atoms with E-state index in [0.717, 1.165) is 18.9 Å². The van der Waals surface area contributed by atoms with Crippen molar-refractivity contribution in [2.24, 2.45) is 0 Å². The summed E-state index contributed by atoms with van der Waals surface area (Å²) in [6, 6.07) is 2.49. The fourth-order valence-electron chi connectivity index (χ4n) is 1.40. The maximum Gasteiger partial charge on any atom is 0.149 e. The van der Waals surface area contributed by atoms with E-state index in [-0.39, 0.29) is 10.5 Å². The Kier molecular flexibility index (Phi) is 4.51. The van der Waals surface area contributed by atoms with E-state index in [9.17, 15) is 8.78 Å². The number of rotatable bonds is 4. The van der Waals surface area contributed by atoms with Gasteiger partial charge < -0.3 is 5.32 Å². The summed E-state index contributed by atoms with van der Waals surface area (Å²) in [5.74, 6) is -1.14. The summed E-state index contributed by atoms with van der Waals surface area (Å²) in [4.78, 5) is 0. The molecule has 1 N–H and O–H groups in total. The quantitative estimate of drug-likeness (QED) is 0.808. The molecule has 0 amide bonds. The normalized spacial score (nSPS) is 12.6. The molecule has 0 aromatic heterocycles. The lowest BCUT2D eigenvalue weighted by molar-refractivity contribution is 0.577. The third kappa shape index (κ3) is 3.45. The van der Waals surface area contributed by atoms with Crippen LogP contribution in [0.5, 0.6) is 0 Å². The van der Waals surface area contributed by atoms with Crippen molar-refractivity contribution in [2.45, 2.75) is 32.7 Å². The fourth-order valence-corrected chi connectivity index (χ4v) is 1.75. The van der Waals surface area contributed by atoms with Crippen LogP contribution >= 0.6 is 15.9 Å². The van der Waals surface area contributed by atoms with Gasteiger partial charge in [0.25, 0.3) is 0 Å². The number of nitrogens with one attached hydrogen (secondary N) is 1. The Bertz CT molecular complexity index is 342. The minimum atomic E-state index is -0.582. The first kappa shape index (κ1) is 12.4. The summed E-state index contributed by atoms with van der Waals surface area (Å²) in [7, 11) is 0. The standard InChI is InChI=1S/C11H14BrF2N/c1-3-4-7(2)15-11-5-8(12)9(13)6-10(11)14/h5-7,15H,3-4H2,1-2H3. The second-order valence-corrected chi connectivity index (χ2v) is 4.43. The molecule has 1 unspecified atom stereocenters. The first-order valence-corrected chi connectivity index (χ1v) is 5.75. The summed E-state index contributed by atoms with van der Waals surface area (Å²) in [5.41, 5.74) is 0.337. The van der Waals surface area contributed by atoms with E-state index in [0.29, 0.717) is 5.69 Å². The highest BCUT2D eigenvalue weighted by Crippen LogP contribution is 2.24. The van der Waals surface area contributed by atoms with E-state index in [1.165, 1.54) is 6.07 Å². The van der Waals surface area contributed by atoms with Crippen LogP contribution < -0.4 is 5.32 Å². The molecule has 1 rings (SSSR count). The van der Waals surface area contributed by atoms with Crippen molar-refractivity contribution < 1.29 is 8.78 Å². The van der Waals surface area contributed by atoms with Gasteiger partial charge in [0.05, 0.1) is 10.2 Å². The van der Waals surface area contributed by atoms with Gasteiger partial charge in [0.15, 0.2) is 0 Å². The van der Waals surface area contributed by atoms with Crippen LogP contribution in [-0.2, 0) is 0 Å². The Morgan fingerprint density at radius 1 is 1.33 bits per heavy atom. The Balaban J connectivity index is 2.81. The smallest absolute Gasteiger partial charge is 0.149 e. The van der Waals surface area contributed by atoms with Gasteiger partial charge in [-0.2, -0.15) is 0 Å². The van der Waals surface area contributed by atoms with Crippen LogP contribution in [0.3, 0.4) is 0 Å². The zero-order chi connectivity index (χ0) is 11.4. The van der Waals surface area contributed by atoms with E-state index in [1.807, 2.05) is 6.92 Å². The largest absolute Gasteiger partial charge is 0.380 e. The van der Waals surface area contributed by atoms with Crippen molar-refractivity contribution in [3.8, 4) is 0 Å². The minimum Gasteiger partial charge on any atom is -0.380 e. The molecule has 1 atom stereocenters. The highest BCUT2D eigenvalue weighted by molar-refractivity contribution is 9.10. The van der Waals surface area contributed by atoms with Gasteiger partial charge in [-0.15, -0.1) is 0 Å². The van der Waals surface area contributed by atoms with Crippen LogP contribution in [0.2, 0.25) is 0 Å². The molecule has 4 heteroatoms. The molecule has 0 aliphatic rings. The Morgan fingerprint density at radius 3 is 2.60 bits per heavy atom. The van der Waals surface area contributed by atoms with Gasteiger partial charge in [0.1, 0.15) is 11.6 Å². The van der Waals surface area contributed by atoms with E-state index < -0.39 is 11.6 Å². The molecule has 0 aliphatic carbocycles. The molecule has 0 spiro atoms. The monoisotopic (exact) mass is 277 g/mol. The van der Waals surface area contributed by atoms with Crippen LogP contribution in [0, 0.1) is 11.6 Å². The van der Waals surface area contributed by atoms with Gasteiger partial charge in [-0.1, -0.05) is 13.3 Å². The van der Waals surface area contributed by atoms with Crippen LogP contribution in [0.4, 0.5) is 14.5 Å². The zero-order valence-corrected chi connectivity index (χ0v) is 10.4. The molecular formula is C11H14BrF2N. The summed E-state index contributed by atoms with van der Waals surface area (Å²) < 4.78 is 26.5. The molecule has 84 valence electrons.